The summed E-state index contributed by atoms with van der Waals surface area (Å²) in [7, 11) is 0. The summed E-state index contributed by atoms with van der Waals surface area (Å²) in [5, 5.41) is 0. The molecule has 0 saturated carbocycles. The van der Waals surface area contributed by atoms with Crippen molar-refractivity contribution in [3.8, 4) is 5.75 Å². The Hall–Kier alpha value is -1.98. The molecular weight excluding hydrogens is 334 g/mol. The van der Waals surface area contributed by atoms with Gasteiger partial charge in [0.2, 0.25) is 0 Å². The minimum Gasteiger partial charge on any atom is -0.483 e. The molecule has 0 bridgehead atoms. The number of ether oxygens (including phenoxy) is 1. The zero-order valence-electron chi connectivity index (χ0n) is 15.1. The van der Waals surface area contributed by atoms with Gasteiger partial charge < -0.3 is 9.64 Å². The van der Waals surface area contributed by atoms with Crippen LogP contribution >= 0.6 is 0 Å². The van der Waals surface area contributed by atoms with Gasteiger partial charge in [-0.15, -0.1) is 0 Å². The van der Waals surface area contributed by atoms with Crippen LogP contribution in [0.2, 0.25) is 0 Å². The third kappa shape index (κ3) is 5.02. The maximum Gasteiger partial charge on any atom is 0.191 e. The molecule has 5 heteroatoms. The normalized spacial score (nSPS) is 16.0. The smallest absolute Gasteiger partial charge is 0.191 e. The van der Waals surface area contributed by atoms with Crippen LogP contribution in [-0.4, -0.2) is 42.5 Å². The quantitative estimate of drug-likeness (QED) is 0.746. The molecule has 1 saturated heterocycles. The lowest BCUT2D eigenvalue weighted by Gasteiger charge is -2.34. The van der Waals surface area contributed by atoms with Gasteiger partial charge in [0, 0.05) is 39.3 Å². The van der Waals surface area contributed by atoms with Crippen molar-refractivity contribution in [2.45, 2.75) is 20.1 Å². The van der Waals surface area contributed by atoms with Crippen LogP contribution in [0.15, 0.2) is 42.5 Å². The highest BCUT2D eigenvalue weighted by Gasteiger charge is 2.16. The van der Waals surface area contributed by atoms with E-state index in [0.717, 1.165) is 44.8 Å². The average molecular weight is 359 g/mol. The molecule has 26 heavy (non-hydrogen) atoms. The summed E-state index contributed by atoms with van der Waals surface area (Å²) in [5.41, 5.74) is 2.13. The topological polar surface area (TPSA) is 15.7 Å². The minimum absolute atomic E-state index is 0.143. The Morgan fingerprint density at radius 2 is 1.46 bits per heavy atom. The van der Waals surface area contributed by atoms with E-state index >= 15 is 0 Å². The van der Waals surface area contributed by atoms with E-state index in [0.29, 0.717) is 0 Å². The third-order valence-corrected chi connectivity index (χ3v) is 4.64. The summed E-state index contributed by atoms with van der Waals surface area (Å²) in [5.74, 6) is -1.68. The van der Waals surface area contributed by atoms with Crippen LogP contribution < -0.4 is 4.74 Å². The highest BCUT2D eigenvalue weighted by molar-refractivity contribution is 5.27. The molecule has 0 spiro atoms. The molecule has 3 rings (SSSR count). The Morgan fingerprint density at radius 3 is 2.08 bits per heavy atom. The Kier molecular flexibility index (Phi) is 6.58. The predicted octanol–water partition coefficient (Wildman–Crippen LogP) is 3.89. The van der Waals surface area contributed by atoms with Crippen LogP contribution in [0.1, 0.15) is 18.1 Å². The van der Waals surface area contributed by atoms with Crippen molar-refractivity contribution < 1.29 is 13.5 Å². The highest BCUT2D eigenvalue weighted by Crippen LogP contribution is 2.22. The van der Waals surface area contributed by atoms with E-state index in [1.165, 1.54) is 23.8 Å². The molecular formula is C21H25F2N2O. The van der Waals surface area contributed by atoms with Gasteiger partial charge in [-0.1, -0.05) is 37.3 Å². The second-order valence-electron chi connectivity index (χ2n) is 6.64. The first-order valence-electron chi connectivity index (χ1n) is 9.03. The largest absolute Gasteiger partial charge is 0.483 e. The van der Waals surface area contributed by atoms with Gasteiger partial charge in [-0.2, -0.15) is 0 Å². The third-order valence-electron chi connectivity index (χ3n) is 4.64. The molecule has 139 valence electrons. The maximum atomic E-state index is 13.6. The van der Waals surface area contributed by atoms with Crippen LogP contribution in [0.5, 0.6) is 5.75 Å². The second kappa shape index (κ2) is 9.10. The molecule has 3 nitrogen and oxygen atoms in total. The van der Waals surface area contributed by atoms with E-state index in [9.17, 15) is 8.78 Å². The Labute approximate surface area is 154 Å². The van der Waals surface area contributed by atoms with Crippen molar-refractivity contribution in [3.63, 3.8) is 0 Å². The van der Waals surface area contributed by atoms with Gasteiger partial charge >= 0.3 is 0 Å². The predicted molar refractivity (Wildman–Crippen MR) is 98.8 cm³/mol. The summed E-state index contributed by atoms with van der Waals surface area (Å²) < 4.78 is 32.5. The van der Waals surface area contributed by atoms with E-state index in [1.807, 2.05) is 12.1 Å². The highest BCUT2D eigenvalue weighted by atomic mass is 19.1. The SMILES string of the molecule is C[CH]CN1CCN(Cc2ccc(COc3c(F)cccc3F)cc2)CC1. The van der Waals surface area contributed by atoms with Gasteiger partial charge in [-0.25, -0.2) is 8.78 Å². The molecule has 1 aliphatic rings. The van der Waals surface area contributed by atoms with Gasteiger partial charge in [0.25, 0.3) is 0 Å². The van der Waals surface area contributed by atoms with Crippen molar-refractivity contribution in [2.24, 2.45) is 0 Å². The molecule has 0 aromatic heterocycles. The van der Waals surface area contributed by atoms with Crippen LogP contribution in [0.25, 0.3) is 0 Å². The summed E-state index contributed by atoms with van der Waals surface area (Å²) in [6, 6.07) is 11.7. The maximum absolute atomic E-state index is 13.6. The monoisotopic (exact) mass is 359 g/mol. The molecule has 2 aromatic rings. The molecule has 2 aromatic carbocycles. The lowest BCUT2D eigenvalue weighted by molar-refractivity contribution is 0.134. The number of benzene rings is 2. The average Bonchev–Trinajstić information content (AvgIpc) is 2.64. The number of nitrogens with zero attached hydrogens (tertiary/aromatic N) is 2. The Morgan fingerprint density at radius 1 is 0.885 bits per heavy atom. The van der Waals surface area contributed by atoms with E-state index in [4.69, 9.17) is 4.74 Å². The van der Waals surface area contributed by atoms with Crippen LogP contribution in [0.3, 0.4) is 0 Å². The number of hydrogen-bond acceptors (Lipinski definition) is 3. The Bertz CT molecular complexity index is 677. The van der Waals surface area contributed by atoms with Crippen LogP contribution in [0, 0.1) is 18.1 Å². The number of para-hydroxylation sites is 1. The molecule has 1 heterocycles. The zero-order chi connectivity index (χ0) is 18.4. The van der Waals surface area contributed by atoms with E-state index in [2.05, 4.69) is 35.3 Å². The fourth-order valence-electron chi connectivity index (χ4n) is 3.16. The van der Waals surface area contributed by atoms with Gasteiger partial charge in [0.1, 0.15) is 6.61 Å². The molecule has 0 N–H and O–H groups in total. The van der Waals surface area contributed by atoms with E-state index in [1.54, 1.807) is 0 Å². The molecule has 0 unspecified atom stereocenters. The molecule has 1 fully saturated rings. The molecule has 0 amide bonds. The summed E-state index contributed by atoms with van der Waals surface area (Å²) in [6.07, 6.45) is 2.20. The van der Waals surface area contributed by atoms with Crippen molar-refractivity contribution in [1.29, 1.82) is 0 Å². The summed E-state index contributed by atoms with van der Waals surface area (Å²) in [4.78, 5) is 4.91. The van der Waals surface area contributed by atoms with Gasteiger partial charge in [-0.05, 0) is 29.7 Å². The first-order chi connectivity index (χ1) is 12.7. The number of piperazine rings is 1. The molecule has 0 atom stereocenters. The first kappa shape index (κ1) is 18.8. The van der Waals surface area contributed by atoms with Crippen molar-refractivity contribution in [1.82, 2.24) is 9.80 Å². The van der Waals surface area contributed by atoms with E-state index in [-0.39, 0.29) is 12.4 Å². The number of rotatable bonds is 7. The number of hydrogen-bond donors (Lipinski definition) is 0. The fraction of sp³-hybridized carbons (Fsp3) is 0.381. The first-order valence-corrected chi connectivity index (χ1v) is 9.03. The summed E-state index contributed by atoms with van der Waals surface area (Å²) in [6.45, 7) is 8.58. The molecule has 1 aliphatic heterocycles. The van der Waals surface area contributed by atoms with E-state index < -0.39 is 11.6 Å². The van der Waals surface area contributed by atoms with Crippen molar-refractivity contribution >= 4 is 0 Å². The standard InChI is InChI=1S/C21H25F2N2O/c1-2-10-24-11-13-25(14-12-24)15-17-6-8-18(9-7-17)16-26-21-19(22)4-3-5-20(21)23/h2-9H,10-16H2,1H3. The second-order valence-corrected chi connectivity index (χ2v) is 6.64. The molecule has 1 radical (unpaired) electrons. The number of halogens is 2. The zero-order valence-corrected chi connectivity index (χ0v) is 15.1. The summed E-state index contributed by atoms with van der Waals surface area (Å²) >= 11 is 0. The van der Waals surface area contributed by atoms with Crippen LogP contribution in [-0.2, 0) is 13.2 Å². The van der Waals surface area contributed by atoms with Crippen LogP contribution in [0.4, 0.5) is 8.78 Å². The van der Waals surface area contributed by atoms with Gasteiger partial charge in [0.05, 0.1) is 0 Å². The van der Waals surface area contributed by atoms with Gasteiger partial charge in [0.15, 0.2) is 17.4 Å². The lowest BCUT2D eigenvalue weighted by atomic mass is 10.1. The molecule has 0 aliphatic carbocycles. The van der Waals surface area contributed by atoms with Gasteiger partial charge in [-0.3, -0.25) is 4.90 Å². The lowest BCUT2D eigenvalue weighted by Crippen LogP contribution is -2.46. The Balaban J connectivity index is 1.49. The minimum atomic E-state index is -0.679. The van der Waals surface area contributed by atoms with Crippen molar-refractivity contribution in [2.75, 3.05) is 32.7 Å². The van der Waals surface area contributed by atoms with Crippen molar-refractivity contribution in [3.05, 3.63) is 71.6 Å². The fourth-order valence-corrected chi connectivity index (χ4v) is 3.16.